The van der Waals surface area contributed by atoms with Gasteiger partial charge in [0.1, 0.15) is 5.82 Å². The van der Waals surface area contributed by atoms with Gasteiger partial charge in [-0.2, -0.15) is 18.2 Å². The Balaban J connectivity index is 0.00000444. The number of rotatable bonds is 6. The summed E-state index contributed by atoms with van der Waals surface area (Å²) < 4.78 is 17.7. The van der Waals surface area contributed by atoms with Gasteiger partial charge in [0.15, 0.2) is 0 Å². The number of pyridine rings is 1. The number of aryl methyl sites for hydroxylation is 1. The summed E-state index contributed by atoms with van der Waals surface area (Å²) in [4.78, 5) is 5.15. The summed E-state index contributed by atoms with van der Waals surface area (Å²) in [5, 5.41) is 6.96. The normalized spacial score (nSPS) is 12.0. The average Bonchev–Trinajstić information content (AvgIpc) is 4.08. The quantitative estimate of drug-likeness (QED) is 0.123. The van der Waals surface area contributed by atoms with Crippen molar-refractivity contribution in [2.75, 3.05) is 0 Å². The van der Waals surface area contributed by atoms with Gasteiger partial charge in [0.25, 0.3) is 6.33 Å². The Hall–Kier alpha value is -7.21. The Kier molecular flexibility index (Phi) is 9.04. The molecule has 7 nitrogen and oxygen atoms in total. The molecule has 63 heavy (non-hydrogen) atoms. The molecule has 0 aliphatic heterocycles. The smallest absolute Gasteiger partial charge is 0.267 e. The monoisotopic (exact) mass is 995 g/mol. The van der Waals surface area contributed by atoms with Crippen molar-refractivity contribution in [2.24, 2.45) is 7.05 Å². The second-order valence-corrected chi connectivity index (χ2v) is 17.0. The molecule has 0 N–H and O–H groups in total. The van der Waals surface area contributed by atoms with Crippen LogP contribution >= 0.6 is 0 Å². The molecule has 0 aliphatic rings. The van der Waals surface area contributed by atoms with Gasteiger partial charge in [-0.25, -0.2) is 4.98 Å². The van der Waals surface area contributed by atoms with E-state index in [0.717, 1.165) is 55.7 Å². The summed E-state index contributed by atoms with van der Waals surface area (Å²) >= 11 is 0. The second kappa shape index (κ2) is 14.7. The molecule has 5 heterocycles. The molecule has 308 valence electrons. The number of aromatic nitrogens is 6. The van der Waals surface area contributed by atoms with Crippen molar-refractivity contribution in [1.29, 1.82) is 0 Å². The average molecular weight is 996 g/mol. The maximum absolute atomic E-state index is 6.71. The third-order valence-corrected chi connectivity index (χ3v) is 12.2. The summed E-state index contributed by atoms with van der Waals surface area (Å²) in [6.07, 6.45) is 9.31. The first-order chi connectivity index (χ1) is 30.3. The van der Waals surface area contributed by atoms with Crippen molar-refractivity contribution in [3.05, 3.63) is 194 Å². The van der Waals surface area contributed by atoms with E-state index in [1.807, 2.05) is 70.2 Å². The number of hydrogen-bond donors (Lipinski definition) is 0. The van der Waals surface area contributed by atoms with Crippen LogP contribution in [0, 0.1) is 18.5 Å². The Morgan fingerprint density at radius 3 is 1.97 bits per heavy atom. The molecule has 0 radical (unpaired) electrons. The van der Waals surface area contributed by atoms with Crippen LogP contribution in [0.4, 0.5) is 0 Å². The number of ether oxygens (including phenoxy) is 1. The summed E-state index contributed by atoms with van der Waals surface area (Å²) in [5.74, 6) is 1.97. The van der Waals surface area contributed by atoms with Crippen LogP contribution in [0.5, 0.6) is 11.5 Å². The number of fused-ring (bicyclic) bond motifs is 12. The zero-order valence-electron chi connectivity index (χ0n) is 35.1. The standard InChI is InChI=1S/C55H40N6O.Pt/c1-55(2,3)36-28-29-56-48(32-36)61-47-34-41(62-40-21-15-20-39(33-40)59-31-30-58(35-59)37-16-7-5-8-17-37)26-27-44(47)51-53-50(52-49(54(51)61)42-22-11-13-24-45(42)57(52)4)43-23-12-14-25-46(43)60(53)38-18-9-6-10-19-38;/h5-32H,1-4H3;/q-2;. The van der Waals surface area contributed by atoms with E-state index < -0.39 is 0 Å². The van der Waals surface area contributed by atoms with Crippen LogP contribution in [0.25, 0.3) is 88.3 Å². The molecular weight excluding hydrogens is 956 g/mol. The maximum atomic E-state index is 6.71. The van der Waals surface area contributed by atoms with Gasteiger partial charge in [-0.15, -0.1) is 24.3 Å². The first-order valence-corrected chi connectivity index (χ1v) is 21.0. The first kappa shape index (κ1) is 38.7. The summed E-state index contributed by atoms with van der Waals surface area (Å²) in [6.45, 7) is 6.74. The van der Waals surface area contributed by atoms with Gasteiger partial charge in [0.05, 0.1) is 27.8 Å². The van der Waals surface area contributed by atoms with E-state index in [9.17, 15) is 0 Å². The predicted molar refractivity (Wildman–Crippen MR) is 249 cm³/mol. The molecule has 12 rings (SSSR count). The summed E-state index contributed by atoms with van der Waals surface area (Å²) in [5.41, 5.74) is 10.6. The van der Waals surface area contributed by atoms with Crippen LogP contribution < -0.4 is 9.30 Å². The van der Waals surface area contributed by atoms with E-state index in [-0.39, 0.29) is 26.5 Å². The Morgan fingerprint density at radius 1 is 0.587 bits per heavy atom. The summed E-state index contributed by atoms with van der Waals surface area (Å²) in [6, 6.07) is 60.2. The summed E-state index contributed by atoms with van der Waals surface area (Å²) in [7, 11) is 2.20. The van der Waals surface area contributed by atoms with Crippen molar-refractivity contribution in [1.82, 2.24) is 23.3 Å². The van der Waals surface area contributed by atoms with Crippen molar-refractivity contribution in [2.45, 2.75) is 26.2 Å². The van der Waals surface area contributed by atoms with Gasteiger partial charge in [0, 0.05) is 91.0 Å². The molecule has 5 aromatic heterocycles. The molecule has 0 aliphatic carbocycles. The van der Waals surface area contributed by atoms with Crippen LogP contribution in [-0.4, -0.2) is 23.3 Å². The van der Waals surface area contributed by atoms with E-state index in [4.69, 9.17) is 9.72 Å². The number of imidazole rings is 1. The van der Waals surface area contributed by atoms with Crippen LogP contribution in [-0.2, 0) is 33.5 Å². The predicted octanol–water partition coefficient (Wildman–Crippen LogP) is 12.5. The van der Waals surface area contributed by atoms with Crippen molar-refractivity contribution < 1.29 is 30.4 Å². The Bertz CT molecular complexity index is 3720. The van der Waals surface area contributed by atoms with E-state index in [0.29, 0.717) is 11.5 Å². The molecule has 0 saturated carbocycles. The molecule has 12 aromatic rings. The van der Waals surface area contributed by atoms with Crippen LogP contribution in [0.15, 0.2) is 170 Å². The third-order valence-electron chi connectivity index (χ3n) is 12.2. The number of nitrogens with zero attached hydrogens (tertiary/aromatic N) is 6. The van der Waals surface area contributed by atoms with E-state index in [1.165, 1.54) is 38.1 Å². The maximum Gasteiger partial charge on any atom is 0.267 e. The van der Waals surface area contributed by atoms with Gasteiger partial charge >= 0.3 is 0 Å². The fourth-order valence-electron chi connectivity index (χ4n) is 9.39. The minimum absolute atomic E-state index is 0. The SMILES string of the molecule is Cn1c2ccccc2c2c1c1c3ccccc3n(-c3ccccc3)c1c1c3ccc(Oc4[c-]c(-[n+]5[c-]n(-c6ccccc6)cc5)ccc4)[c-]c3n(-c3cc(C(C)(C)C)ccn3)c21.[Pt]. The zero-order valence-corrected chi connectivity index (χ0v) is 37.3. The Labute approximate surface area is 378 Å². The minimum Gasteiger partial charge on any atom is -0.510 e. The fraction of sp³-hybridized carbons (Fsp3) is 0.0909. The van der Waals surface area contributed by atoms with E-state index in [2.05, 4.69) is 169 Å². The first-order valence-electron chi connectivity index (χ1n) is 21.0. The van der Waals surface area contributed by atoms with Gasteiger partial charge in [-0.3, -0.25) is 4.57 Å². The van der Waals surface area contributed by atoms with Crippen LogP contribution in [0.2, 0.25) is 0 Å². The van der Waals surface area contributed by atoms with Gasteiger partial charge < -0.3 is 23.0 Å². The van der Waals surface area contributed by atoms with Crippen molar-refractivity contribution >= 4 is 65.4 Å². The number of para-hydroxylation sites is 4. The van der Waals surface area contributed by atoms with Crippen LogP contribution in [0.3, 0.4) is 0 Å². The van der Waals surface area contributed by atoms with Crippen molar-refractivity contribution in [3.8, 4) is 34.4 Å². The molecular formula is C55H40N6OPt-2. The molecule has 0 fully saturated rings. The van der Waals surface area contributed by atoms with E-state index in [1.54, 1.807) is 0 Å². The van der Waals surface area contributed by atoms with Crippen molar-refractivity contribution in [3.63, 3.8) is 0 Å². The second-order valence-electron chi connectivity index (χ2n) is 17.0. The van der Waals surface area contributed by atoms with Crippen LogP contribution in [0.1, 0.15) is 26.3 Å². The third kappa shape index (κ3) is 6.06. The van der Waals surface area contributed by atoms with E-state index >= 15 is 0 Å². The topological polar surface area (TPSA) is 45.7 Å². The molecule has 0 amide bonds. The fourth-order valence-corrected chi connectivity index (χ4v) is 9.39. The molecule has 8 heteroatoms. The minimum atomic E-state index is -0.103. The molecule has 0 spiro atoms. The zero-order chi connectivity index (χ0) is 41.7. The molecule has 7 aromatic carbocycles. The number of hydrogen-bond acceptors (Lipinski definition) is 2. The Morgan fingerprint density at radius 2 is 1.22 bits per heavy atom. The molecule has 0 unspecified atom stereocenters. The van der Waals surface area contributed by atoms with Gasteiger partial charge in [-0.1, -0.05) is 104 Å². The number of benzene rings is 7. The molecule has 0 saturated heterocycles. The molecule has 0 bridgehead atoms. The molecule has 0 atom stereocenters. The van der Waals surface area contributed by atoms with Gasteiger partial charge in [-0.05, 0) is 70.6 Å². The largest absolute Gasteiger partial charge is 0.510 e. The van der Waals surface area contributed by atoms with Gasteiger partial charge in [0.2, 0.25) is 0 Å².